The van der Waals surface area contributed by atoms with Gasteiger partial charge in [0.1, 0.15) is 5.56 Å². The van der Waals surface area contributed by atoms with E-state index in [0.29, 0.717) is 25.2 Å². The Balaban J connectivity index is 2.31. The van der Waals surface area contributed by atoms with Gasteiger partial charge in [0.25, 0.3) is 11.6 Å². The highest BCUT2D eigenvalue weighted by atomic mass is 19.2. The molecule has 0 bridgehead atoms. The number of carbonyl (C=O) groups excluding carboxylic acids is 1. The SMILES string of the molecule is CN(C)C1CCN(C(=O)c2cc(F)c(F)cc2[N+](=O)[O-])C1. The minimum Gasteiger partial charge on any atom is -0.337 e. The summed E-state index contributed by atoms with van der Waals surface area (Å²) in [6.45, 7) is 0.833. The molecule has 1 amide bonds. The van der Waals surface area contributed by atoms with E-state index < -0.39 is 33.7 Å². The number of carbonyl (C=O) groups is 1. The third-order valence-corrected chi connectivity index (χ3v) is 3.65. The Hall–Kier alpha value is -2.09. The van der Waals surface area contributed by atoms with E-state index in [1.807, 2.05) is 19.0 Å². The van der Waals surface area contributed by atoms with Crippen molar-refractivity contribution in [3.8, 4) is 0 Å². The molecule has 0 N–H and O–H groups in total. The Morgan fingerprint density at radius 3 is 2.52 bits per heavy atom. The molecule has 0 aromatic heterocycles. The van der Waals surface area contributed by atoms with Crippen LogP contribution in [0.4, 0.5) is 14.5 Å². The molecular weight excluding hydrogens is 284 g/mol. The van der Waals surface area contributed by atoms with Crippen molar-refractivity contribution in [2.75, 3.05) is 27.2 Å². The van der Waals surface area contributed by atoms with Gasteiger partial charge in [-0.25, -0.2) is 8.78 Å². The number of nitrogens with zero attached hydrogens (tertiary/aromatic N) is 3. The summed E-state index contributed by atoms with van der Waals surface area (Å²) in [5.41, 5.74) is -1.13. The first-order chi connectivity index (χ1) is 9.81. The summed E-state index contributed by atoms with van der Waals surface area (Å²) in [4.78, 5) is 25.7. The zero-order chi connectivity index (χ0) is 15.7. The van der Waals surface area contributed by atoms with Crippen molar-refractivity contribution in [3.63, 3.8) is 0 Å². The molecule has 6 nitrogen and oxygen atoms in total. The number of rotatable bonds is 3. The van der Waals surface area contributed by atoms with E-state index in [1.54, 1.807) is 0 Å². The third kappa shape index (κ3) is 2.99. The monoisotopic (exact) mass is 299 g/mol. The minimum atomic E-state index is -1.34. The Bertz CT molecular complexity index is 592. The Morgan fingerprint density at radius 2 is 2.00 bits per heavy atom. The number of hydrogen-bond donors (Lipinski definition) is 0. The molecule has 21 heavy (non-hydrogen) atoms. The summed E-state index contributed by atoms with van der Waals surface area (Å²) in [7, 11) is 3.75. The second kappa shape index (κ2) is 5.72. The number of hydrogen-bond acceptors (Lipinski definition) is 4. The molecule has 0 aliphatic carbocycles. The Kier molecular flexibility index (Phi) is 4.17. The van der Waals surface area contributed by atoms with E-state index in [2.05, 4.69) is 0 Å². The maximum absolute atomic E-state index is 13.3. The van der Waals surface area contributed by atoms with E-state index >= 15 is 0 Å². The second-order valence-electron chi connectivity index (χ2n) is 5.20. The fourth-order valence-corrected chi connectivity index (χ4v) is 2.38. The largest absolute Gasteiger partial charge is 0.337 e. The van der Waals surface area contributed by atoms with Gasteiger partial charge in [-0.05, 0) is 26.6 Å². The highest BCUT2D eigenvalue weighted by molar-refractivity contribution is 5.98. The van der Waals surface area contributed by atoms with Crippen LogP contribution in [0.25, 0.3) is 0 Å². The summed E-state index contributed by atoms with van der Waals surface area (Å²) >= 11 is 0. The molecule has 1 aliphatic heterocycles. The fourth-order valence-electron chi connectivity index (χ4n) is 2.38. The van der Waals surface area contributed by atoms with Gasteiger partial charge in [-0.3, -0.25) is 14.9 Å². The third-order valence-electron chi connectivity index (χ3n) is 3.65. The first-order valence-electron chi connectivity index (χ1n) is 6.40. The lowest BCUT2D eigenvalue weighted by Gasteiger charge is -2.20. The van der Waals surface area contributed by atoms with Crippen molar-refractivity contribution >= 4 is 11.6 Å². The van der Waals surface area contributed by atoms with Crippen molar-refractivity contribution in [2.24, 2.45) is 0 Å². The molecule has 1 unspecified atom stereocenters. The van der Waals surface area contributed by atoms with Crippen LogP contribution < -0.4 is 0 Å². The predicted octanol–water partition coefficient (Wildman–Crippen LogP) is 1.65. The first kappa shape index (κ1) is 15.3. The molecule has 1 fully saturated rings. The van der Waals surface area contributed by atoms with Crippen LogP contribution in [-0.2, 0) is 0 Å². The van der Waals surface area contributed by atoms with E-state index in [1.165, 1.54) is 4.90 Å². The van der Waals surface area contributed by atoms with Crippen LogP contribution in [0.3, 0.4) is 0 Å². The topological polar surface area (TPSA) is 66.7 Å². The highest BCUT2D eigenvalue weighted by Gasteiger charge is 2.32. The summed E-state index contributed by atoms with van der Waals surface area (Å²) in [5.74, 6) is -3.26. The minimum absolute atomic E-state index is 0.151. The van der Waals surface area contributed by atoms with Crippen LogP contribution >= 0.6 is 0 Å². The molecule has 114 valence electrons. The maximum atomic E-state index is 13.3. The molecule has 1 heterocycles. The fraction of sp³-hybridized carbons (Fsp3) is 0.462. The van der Waals surface area contributed by atoms with Crippen LogP contribution in [0, 0.1) is 21.7 Å². The van der Waals surface area contributed by atoms with Crippen molar-refractivity contribution in [1.82, 2.24) is 9.80 Å². The number of amides is 1. The van der Waals surface area contributed by atoms with Crippen LogP contribution in [0.1, 0.15) is 16.8 Å². The van der Waals surface area contributed by atoms with Gasteiger partial charge in [0.05, 0.1) is 11.0 Å². The number of halogens is 2. The summed E-state index contributed by atoms with van der Waals surface area (Å²) in [5, 5.41) is 10.9. The predicted molar refractivity (Wildman–Crippen MR) is 71.0 cm³/mol. The van der Waals surface area contributed by atoms with Crippen LogP contribution in [0.5, 0.6) is 0 Å². The second-order valence-corrected chi connectivity index (χ2v) is 5.20. The summed E-state index contributed by atoms with van der Waals surface area (Å²) in [6, 6.07) is 1.19. The van der Waals surface area contributed by atoms with Gasteiger partial charge < -0.3 is 9.80 Å². The van der Waals surface area contributed by atoms with Crippen LogP contribution in [0.2, 0.25) is 0 Å². The molecule has 0 radical (unpaired) electrons. The normalized spacial score (nSPS) is 18.3. The first-order valence-corrected chi connectivity index (χ1v) is 6.40. The van der Waals surface area contributed by atoms with E-state index in [4.69, 9.17) is 0 Å². The van der Waals surface area contributed by atoms with Gasteiger partial charge in [-0.1, -0.05) is 0 Å². The van der Waals surface area contributed by atoms with Crippen LogP contribution in [-0.4, -0.2) is 53.9 Å². The van der Waals surface area contributed by atoms with Gasteiger partial charge >= 0.3 is 0 Å². The highest BCUT2D eigenvalue weighted by Crippen LogP contribution is 2.25. The van der Waals surface area contributed by atoms with E-state index in [-0.39, 0.29) is 6.04 Å². The van der Waals surface area contributed by atoms with Crippen molar-refractivity contribution in [1.29, 1.82) is 0 Å². The Morgan fingerprint density at radius 1 is 1.38 bits per heavy atom. The molecule has 1 aromatic rings. The number of nitro benzene ring substituents is 1. The van der Waals surface area contributed by atoms with Crippen molar-refractivity contribution in [2.45, 2.75) is 12.5 Å². The summed E-state index contributed by atoms with van der Waals surface area (Å²) in [6.07, 6.45) is 0.732. The van der Waals surface area contributed by atoms with E-state index in [9.17, 15) is 23.7 Å². The molecule has 1 atom stereocenters. The average Bonchev–Trinajstić information content (AvgIpc) is 2.90. The van der Waals surface area contributed by atoms with Gasteiger partial charge in [-0.15, -0.1) is 0 Å². The number of nitro groups is 1. The lowest BCUT2D eigenvalue weighted by atomic mass is 10.1. The molecule has 1 saturated heterocycles. The average molecular weight is 299 g/mol. The van der Waals surface area contributed by atoms with Crippen molar-refractivity contribution < 1.29 is 18.5 Å². The van der Waals surface area contributed by atoms with Gasteiger partial charge in [0.2, 0.25) is 0 Å². The maximum Gasteiger partial charge on any atom is 0.285 e. The van der Waals surface area contributed by atoms with Crippen molar-refractivity contribution in [3.05, 3.63) is 39.4 Å². The van der Waals surface area contributed by atoms with Crippen LogP contribution in [0.15, 0.2) is 12.1 Å². The Labute approximate surface area is 120 Å². The zero-order valence-electron chi connectivity index (χ0n) is 11.7. The molecular formula is C13H15F2N3O3. The quantitative estimate of drug-likeness (QED) is 0.629. The van der Waals surface area contributed by atoms with Gasteiger partial charge in [0.15, 0.2) is 11.6 Å². The molecule has 2 rings (SSSR count). The van der Waals surface area contributed by atoms with Gasteiger partial charge in [-0.2, -0.15) is 0 Å². The molecule has 0 saturated carbocycles. The summed E-state index contributed by atoms with van der Waals surface area (Å²) < 4.78 is 26.4. The lowest BCUT2D eigenvalue weighted by molar-refractivity contribution is -0.385. The number of likely N-dealkylation sites (N-methyl/N-ethyl adjacent to an activating group) is 1. The number of benzene rings is 1. The molecule has 1 aliphatic rings. The molecule has 0 spiro atoms. The molecule has 8 heteroatoms. The van der Waals surface area contributed by atoms with E-state index in [0.717, 1.165) is 6.42 Å². The molecule has 1 aromatic carbocycles. The smallest absolute Gasteiger partial charge is 0.285 e. The standard InChI is InChI=1S/C13H15F2N3O3/c1-16(2)8-3-4-17(7-8)13(19)9-5-10(14)11(15)6-12(9)18(20)21/h5-6,8H,3-4,7H2,1-2H3. The number of likely N-dealkylation sites (tertiary alicyclic amines) is 1. The van der Waals surface area contributed by atoms with Gasteiger partial charge in [0, 0.05) is 19.1 Å². The zero-order valence-corrected chi connectivity index (χ0v) is 11.7. The lowest BCUT2D eigenvalue weighted by Crippen LogP contribution is -2.34.